The van der Waals surface area contributed by atoms with E-state index >= 15 is 4.39 Å². The van der Waals surface area contributed by atoms with Crippen LogP contribution < -0.4 is 25.8 Å². The SMILES string of the molecule is CCNCCNc1nc(OC(C)C)nc2c(F)c(-c3cc(N)c(F)c(C)c3C(F)(F)F)nc(OC(C)CC)c12. The fraction of sp³-hybridized carbons (Fsp3) is 0.500. The summed E-state index contributed by atoms with van der Waals surface area (Å²) in [6, 6.07) is 0.525. The second-order valence-corrected chi connectivity index (χ2v) is 9.27. The number of anilines is 2. The first-order chi connectivity index (χ1) is 18.3. The van der Waals surface area contributed by atoms with Crippen LogP contribution in [0.25, 0.3) is 22.2 Å². The summed E-state index contributed by atoms with van der Waals surface area (Å²) in [7, 11) is 0. The van der Waals surface area contributed by atoms with Gasteiger partial charge in [0.2, 0.25) is 5.88 Å². The van der Waals surface area contributed by atoms with Crippen LogP contribution in [0.5, 0.6) is 11.9 Å². The molecule has 39 heavy (non-hydrogen) atoms. The highest BCUT2D eigenvalue weighted by Crippen LogP contribution is 2.44. The van der Waals surface area contributed by atoms with Crippen LogP contribution in [-0.4, -0.2) is 46.8 Å². The van der Waals surface area contributed by atoms with E-state index < -0.39 is 52.0 Å². The van der Waals surface area contributed by atoms with Crippen molar-refractivity contribution in [2.45, 2.75) is 66.3 Å². The van der Waals surface area contributed by atoms with E-state index in [0.29, 0.717) is 19.5 Å². The van der Waals surface area contributed by atoms with Gasteiger partial charge >= 0.3 is 12.2 Å². The maximum Gasteiger partial charge on any atom is 0.417 e. The first-order valence-electron chi connectivity index (χ1n) is 12.6. The summed E-state index contributed by atoms with van der Waals surface area (Å²) in [6.45, 7) is 11.5. The Bertz CT molecular complexity index is 1330. The maximum atomic E-state index is 16.2. The molecule has 0 spiro atoms. The lowest BCUT2D eigenvalue weighted by molar-refractivity contribution is -0.137. The summed E-state index contributed by atoms with van der Waals surface area (Å²) in [5, 5.41) is 6.26. The molecule has 13 heteroatoms. The van der Waals surface area contributed by atoms with E-state index in [1.807, 2.05) is 13.8 Å². The van der Waals surface area contributed by atoms with Gasteiger partial charge in [0.05, 0.1) is 23.5 Å². The average molecular weight is 557 g/mol. The van der Waals surface area contributed by atoms with E-state index in [1.54, 1.807) is 20.8 Å². The molecule has 0 saturated carbocycles. The number of alkyl halides is 3. The van der Waals surface area contributed by atoms with Gasteiger partial charge in [0.1, 0.15) is 28.2 Å². The Balaban J connectivity index is 2.43. The second-order valence-electron chi connectivity index (χ2n) is 9.27. The predicted octanol–water partition coefficient (Wildman–Crippen LogP) is 5.87. The first-order valence-corrected chi connectivity index (χ1v) is 12.6. The van der Waals surface area contributed by atoms with Crippen molar-refractivity contribution < 1.29 is 31.4 Å². The lowest BCUT2D eigenvalue weighted by atomic mass is 9.96. The Morgan fingerprint density at radius 1 is 1.00 bits per heavy atom. The molecule has 3 rings (SSSR count). The van der Waals surface area contributed by atoms with Crippen molar-refractivity contribution in [2.75, 3.05) is 30.7 Å². The lowest BCUT2D eigenvalue weighted by Crippen LogP contribution is -2.22. The predicted molar refractivity (Wildman–Crippen MR) is 140 cm³/mol. The zero-order chi connectivity index (χ0) is 29.1. The van der Waals surface area contributed by atoms with Crippen molar-refractivity contribution in [1.82, 2.24) is 20.3 Å². The van der Waals surface area contributed by atoms with E-state index in [1.165, 1.54) is 0 Å². The molecule has 0 aliphatic heterocycles. The lowest BCUT2D eigenvalue weighted by Gasteiger charge is -2.21. The number of likely N-dealkylation sites (N-methyl/N-ethyl adjacent to an activating group) is 1. The van der Waals surface area contributed by atoms with Gasteiger partial charge < -0.3 is 25.8 Å². The molecule has 8 nitrogen and oxygen atoms in total. The van der Waals surface area contributed by atoms with E-state index in [9.17, 15) is 17.6 Å². The Hall–Kier alpha value is -3.48. The normalized spacial score (nSPS) is 12.7. The molecule has 1 atom stereocenters. The van der Waals surface area contributed by atoms with Gasteiger partial charge in [0, 0.05) is 18.7 Å². The molecule has 1 aromatic carbocycles. The minimum atomic E-state index is -5.04. The molecule has 0 aliphatic rings. The Labute approximate surface area is 223 Å². The number of nitrogens with one attached hydrogen (secondary N) is 2. The van der Waals surface area contributed by atoms with Gasteiger partial charge in [-0.2, -0.15) is 23.1 Å². The van der Waals surface area contributed by atoms with Gasteiger partial charge in [0.25, 0.3) is 0 Å². The van der Waals surface area contributed by atoms with Crippen LogP contribution in [0.4, 0.5) is 33.5 Å². The molecule has 2 aromatic heterocycles. The van der Waals surface area contributed by atoms with Gasteiger partial charge in [-0.25, -0.2) is 13.8 Å². The number of aromatic nitrogens is 3. The second kappa shape index (κ2) is 12.1. The highest BCUT2D eigenvalue weighted by molar-refractivity contribution is 5.96. The number of hydrogen-bond acceptors (Lipinski definition) is 8. The third-order valence-electron chi connectivity index (χ3n) is 5.87. The van der Waals surface area contributed by atoms with Crippen LogP contribution in [0.1, 0.15) is 52.2 Å². The maximum absolute atomic E-state index is 16.2. The standard InChI is InChI=1S/C26H33F5N6O2/c1-7-13(5)39-24-17-22(36-25(38-12(3)4)37-23(17)34-10-9-33-8-2)20(28)21(35-24)15-11-16(32)19(27)14(6)18(15)26(29,30)31/h11-13,33H,7-10,32H2,1-6H3,(H,34,36,37). The highest BCUT2D eigenvalue weighted by atomic mass is 19.4. The molecule has 3 aromatic rings. The van der Waals surface area contributed by atoms with Crippen LogP contribution >= 0.6 is 0 Å². The molecule has 4 N–H and O–H groups in total. The summed E-state index contributed by atoms with van der Waals surface area (Å²) in [5.74, 6) is -2.49. The fourth-order valence-corrected chi connectivity index (χ4v) is 3.87. The summed E-state index contributed by atoms with van der Waals surface area (Å²) < 4.78 is 84.7. The number of hydrogen-bond donors (Lipinski definition) is 3. The van der Waals surface area contributed by atoms with Gasteiger partial charge in [0.15, 0.2) is 5.82 Å². The van der Waals surface area contributed by atoms with Crippen molar-refractivity contribution in [3.63, 3.8) is 0 Å². The van der Waals surface area contributed by atoms with Crippen molar-refractivity contribution in [3.8, 4) is 23.1 Å². The van der Waals surface area contributed by atoms with Crippen molar-refractivity contribution >= 4 is 22.4 Å². The number of nitrogens with zero attached hydrogens (tertiary/aromatic N) is 3. The van der Waals surface area contributed by atoms with Gasteiger partial charge in [-0.3, -0.25) is 0 Å². The molecule has 0 aliphatic carbocycles. The monoisotopic (exact) mass is 556 g/mol. The minimum absolute atomic E-state index is 0.0320. The Morgan fingerprint density at radius 2 is 1.69 bits per heavy atom. The van der Waals surface area contributed by atoms with Gasteiger partial charge in [-0.05, 0) is 52.3 Å². The third kappa shape index (κ3) is 6.57. The van der Waals surface area contributed by atoms with Crippen LogP contribution in [-0.2, 0) is 6.18 Å². The number of nitrogens with two attached hydrogens (primary N) is 1. The van der Waals surface area contributed by atoms with E-state index in [-0.39, 0.29) is 34.7 Å². The number of benzene rings is 1. The van der Waals surface area contributed by atoms with Crippen molar-refractivity contribution in [1.29, 1.82) is 0 Å². The van der Waals surface area contributed by atoms with Crippen LogP contribution in [0.15, 0.2) is 6.07 Å². The van der Waals surface area contributed by atoms with Crippen molar-refractivity contribution in [3.05, 3.63) is 28.8 Å². The van der Waals surface area contributed by atoms with Crippen LogP contribution in [0.3, 0.4) is 0 Å². The zero-order valence-electron chi connectivity index (χ0n) is 22.7. The van der Waals surface area contributed by atoms with Crippen LogP contribution in [0, 0.1) is 18.6 Å². The molecule has 0 fully saturated rings. The van der Waals surface area contributed by atoms with Crippen LogP contribution in [0.2, 0.25) is 0 Å². The van der Waals surface area contributed by atoms with Gasteiger partial charge in [-0.15, -0.1) is 0 Å². The topological polar surface area (TPSA) is 107 Å². The number of ether oxygens (including phenoxy) is 2. The first kappa shape index (κ1) is 30.1. The molecule has 2 heterocycles. The van der Waals surface area contributed by atoms with Gasteiger partial charge in [-0.1, -0.05) is 13.8 Å². The molecule has 1 unspecified atom stereocenters. The van der Waals surface area contributed by atoms with Crippen molar-refractivity contribution in [2.24, 2.45) is 0 Å². The molecular weight excluding hydrogens is 523 g/mol. The molecule has 0 bridgehead atoms. The number of halogens is 5. The molecular formula is C26H33F5N6O2. The number of fused-ring (bicyclic) bond motifs is 1. The summed E-state index contributed by atoms with van der Waals surface area (Å²) >= 11 is 0. The number of nitrogen functional groups attached to an aromatic ring is 1. The van der Waals surface area contributed by atoms with E-state index in [0.717, 1.165) is 19.5 Å². The third-order valence-corrected chi connectivity index (χ3v) is 5.87. The molecule has 0 amide bonds. The average Bonchev–Trinajstić information content (AvgIpc) is 2.85. The molecule has 0 saturated heterocycles. The minimum Gasteiger partial charge on any atom is -0.474 e. The molecule has 214 valence electrons. The number of rotatable bonds is 11. The Kier molecular flexibility index (Phi) is 9.36. The summed E-state index contributed by atoms with van der Waals surface area (Å²) in [4.78, 5) is 12.7. The molecule has 0 radical (unpaired) electrons. The quantitative estimate of drug-likeness (QED) is 0.153. The zero-order valence-corrected chi connectivity index (χ0v) is 22.7. The smallest absolute Gasteiger partial charge is 0.417 e. The highest BCUT2D eigenvalue weighted by Gasteiger charge is 2.39. The largest absolute Gasteiger partial charge is 0.474 e. The Morgan fingerprint density at radius 3 is 2.28 bits per heavy atom. The fourth-order valence-electron chi connectivity index (χ4n) is 3.87. The number of pyridine rings is 1. The summed E-state index contributed by atoms with van der Waals surface area (Å²) in [6.07, 6.45) is -5.34. The summed E-state index contributed by atoms with van der Waals surface area (Å²) in [5.41, 5.74) is 1.06. The van der Waals surface area contributed by atoms with E-state index in [4.69, 9.17) is 15.2 Å². The van der Waals surface area contributed by atoms with E-state index in [2.05, 4.69) is 25.6 Å².